The Hall–Kier alpha value is -2.30. The van der Waals surface area contributed by atoms with E-state index in [0.717, 1.165) is 16.5 Å². The smallest absolute Gasteiger partial charge is 0.236 e. The number of nitrogens with two attached hydrogens (primary N) is 2. The molecule has 0 aliphatic heterocycles. The minimum Gasteiger partial charge on any atom is -0.398 e. The average molecular weight is 230 g/mol. The predicted molar refractivity (Wildman–Crippen MR) is 68.6 cm³/mol. The van der Waals surface area contributed by atoms with Crippen LogP contribution in [0.1, 0.15) is 0 Å². The molecule has 0 bridgehead atoms. The summed E-state index contributed by atoms with van der Waals surface area (Å²) >= 11 is 0. The van der Waals surface area contributed by atoms with Crippen molar-refractivity contribution in [3.63, 3.8) is 0 Å². The lowest BCUT2D eigenvalue weighted by Gasteiger charge is -2.19. The van der Waals surface area contributed by atoms with Crippen molar-refractivity contribution in [2.75, 3.05) is 24.2 Å². The van der Waals surface area contributed by atoms with E-state index in [2.05, 4.69) is 4.98 Å². The Morgan fingerprint density at radius 1 is 1.35 bits per heavy atom. The number of nitrogens with zero attached hydrogens (tertiary/aromatic N) is 2. The number of carbonyl (C=O) groups excluding carboxylic acids is 1. The third kappa shape index (κ3) is 2.13. The number of carbonyl (C=O) groups is 1. The van der Waals surface area contributed by atoms with Gasteiger partial charge in [0, 0.05) is 41.6 Å². The van der Waals surface area contributed by atoms with Gasteiger partial charge < -0.3 is 16.4 Å². The molecule has 2 aromatic rings. The molecule has 5 nitrogen and oxygen atoms in total. The highest BCUT2D eigenvalue weighted by Gasteiger charge is 2.09. The molecule has 0 saturated carbocycles. The van der Waals surface area contributed by atoms with E-state index < -0.39 is 0 Å². The molecule has 0 atom stereocenters. The van der Waals surface area contributed by atoms with Crippen molar-refractivity contribution >= 4 is 28.1 Å². The number of hydrogen-bond donors (Lipinski definition) is 2. The van der Waals surface area contributed by atoms with Gasteiger partial charge in [-0.2, -0.15) is 0 Å². The van der Waals surface area contributed by atoms with Crippen LogP contribution in [-0.4, -0.2) is 24.5 Å². The Balaban J connectivity index is 2.55. The molecule has 1 aromatic heterocycles. The number of benzene rings is 1. The molecular formula is C12H14N4O. The third-order valence-electron chi connectivity index (χ3n) is 2.63. The van der Waals surface area contributed by atoms with Gasteiger partial charge in [0.1, 0.15) is 0 Å². The molecule has 1 heterocycles. The second-order valence-corrected chi connectivity index (χ2v) is 3.92. The lowest BCUT2D eigenvalue weighted by molar-refractivity contribution is -0.116. The molecule has 0 unspecified atom stereocenters. The fourth-order valence-electron chi connectivity index (χ4n) is 1.85. The zero-order valence-electron chi connectivity index (χ0n) is 9.55. The molecule has 88 valence electrons. The van der Waals surface area contributed by atoms with Crippen molar-refractivity contribution in [1.82, 2.24) is 4.98 Å². The Morgan fingerprint density at radius 2 is 2.12 bits per heavy atom. The molecule has 0 aliphatic carbocycles. The van der Waals surface area contributed by atoms with Crippen LogP contribution in [0.3, 0.4) is 0 Å². The van der Waals surface area contributed by atoms with Crippen molar-refractivity contribution in [2.24, 2.45) is 5.73 Å². The van der Waals surface area contributed by atoms with Crippen molar-refractivity contribution in [2.45, 2.75) is 0 Å². The molecule has 4 N–H and O–H groups in total. The zero-order valence-corrected chi connectivity index (χ0v) is 9.55. The highest BCUT2D eigenvalue weighted by Crippen LogP contribution is 2.29. The SMILES string of the molecule is CN(CC(N)=O)c1ccc(N)c2cnccc12. The molecule has 0 fully saturated rings. The largest absolute Gasteiger partial charge is 0.398 e. The number of nitrogen functional groups attached to an aromatic ring is 1. The Morgan fingerprint density at radius 3 is 2.82 bits per heavy atom. The molecule has 0 radical (unpaired) electrons. The van der Waals surface area contributed by atoms with Crippen LogP contribution in [0, 0.1) is 0 Å². The van der Waals surface area contributed by atoms with Gasteiger partial charge in [0.25, 0.3) is 0 Å². The van der Waals surface area contributed by atoms with E-state index in [1.165, 1.54) is 0 Å². The number of anilines is 2. The normalized spacial score (nSPS) is 10.4. The maximum absolute atomic E-state index is 10.9. The van der Waals surface area contributed by atoms with Gasteiger partial charge in [0.2, 0.25) is 5.91 Å². The van der Waals surface area contributed by atoms with Gasteiger partial charge in [-0.05, 0) is 18.2 Å². The van der Waals surface area contributed by atoms with E-state index in [-0.39, 0.29) is 12.5 Å². The first-order valence-electron chi connectivity index (χ1n) is 5.21. The summed E-state index contributed by atoms with van der Waals surface area (Å²) in [7, 11) is 1.82. The summed E-state index contributed by atoms with van der Waals surface area (Å²) in [5.41, 5.74) is 12.6. The highest BCUT2D eigenvalue weighted by atomic mass is 16.1. The van der Waals surface area contributed by atoms with E-state index in [0.29, 0.717) is 5.69 Å². The monoisotopic (exact) mass is 230 g/mol. The number of rotatable bonds is 3. The van der Waals surface area contributed by atoms with Crippen LogP contribution in [-0.2, 0) is 4.79 Å². The van der Waals surface area contributed by atoms with E-state index in [4.69, 9.17) is 11.5 Å². The number of pyridine rings is 1. The van der Waals surface area contributed by atoms with Crippen LogP contribution in [0.25, 0.3) is 10.8 Å². The topological polar surface area (TPSA) is 85.2 Å². The summed E-state index contributed by atoms with van der Waals surface area (Å²) < 4.78 is 0. The van der Waals surface area contributed by atoms with Crippen LogP contribution >= 0.6 is 0 Å². The van der Waals surface area contributed by atoms with Gasteiger partial charge in [0.05, 0.1) is 6.54 Å². The zero-order chi connectivity index (χ0) is 12.4. The number of primary amides is 1. The summed E-state index contributed by atoms with van der Waals surface area (Å²) in [6, 6.07) is 5.55. The second kappa shape index (κ2) is 4.29. The Bertz CT molecular complexity index is 567. The fourth-order valence-corrected chi connectivity index (χ4v) is 1.85. The number of amides is 1. The second-order valence-electron chi connectivity index (χ2n) is 3.92. The first kappa shape index (κ1) is 11.2. The summed E-state index contributed by atoms with van der Waals surface area (Å²) in [5, 5.41) is 1.84. The molecule has 17 heavy (non-hydrogen) atoms. The van der Waals surface area contributed by atoms with Gasteiger partial charge in [-0.25, -0.2) is 0 Å². The summed E-state index contributed by atoms with van der Waals surface area (Å²) in [4.78, 5) is 16.8. The lowest BCUT2D eigenvalue weighted by atomic mass is 10.1. The summed E-state index contributed by atoms with van der Waals surface area (Å²) in [6.45, 7) is 0.168. The Kier molecular flexibility index (Phi) is 2.82. The van der Waals surface area contributed by atoms with Crippen LogP contribution in [0.4, 0.5) is 11.4 Å². The maximum atomic E-state index is 10.9. The van der Waals surface area contributed by atoms with Crippen LogP contribution in [0.15, 0.2) is 30.6 Å². The molecule has 0 spiro atoms. The van der Waals surface area contributed by atoms with Crippen molar-refractivity contribution in [1.29, 1.82) is 0 Å². The molecule has 0 saturated heterocycles. The fraction of sp³-hybridized carbons (Fsp3) is 0.167. The van der Waals surface area contributed by atoms with Crippen LogP contribution in [0.5, 0.6) is 0 Å². The quantitative estimate of drug-likeness (QED) is 0.761. The predicted octanol–water partition coefficient (Wildman–Crippen LogP) is 0.738. The van der Waals surface area contributed by atoms with Crippen LogP contribution < -0.4 is 16.4 Å². The first-order valence-corrected chi connectivity index (χ1v) is 5.21. The Labute approximate surface area is 99.0 Å². The standard InChI is InChI=1S/C12H14N4O/c1-16(7-12(14)17)11-3-2-10(13)9-6-15-5-4-8(9)11/h2-6H,7,13H2,1H3,(H2,14,17). The lowest BCUT2D eigenvalue weighted by Crippen LogP contribution is -2.30. The van der Waals surface area contributed by atoms with Gasteiger partial charge in [-0.1, -0.05) is 0 Å². The molecule has 1 aromatic carbocycles. The number of likely N-dealkylation sites (N-methyl/N-ethyl adjacent to an activating group) is 1. The minimum absolute atomic E-state index is 0.168. The van der Waals surface area contributed by atoms with E-state index >= 15 is 0 Å². The maximum Gasteiger partial charge on any atom is 0.236 e. The third-order valence-corrected chi connectivity index (χ3v) is 2.63. The van der Waals surface area contributed by atoms with E-state index in [1.807, 2.05) is 19.2 Å². The minimum atomic E-state index is -0.369. The molecule has 1 amide bonds. The van der Waals surface area contributed by atoms with Crippen molar-refractivity contribution in [3.05, 3.63) is 30.6 Å². The average Bonchev–Trinajstić information content (AvgIpc) is 2.29. The van der Waals surface area contributed by atoms with Crippen LogP contribution in [0.2, 0.25) is 0 Å². The first-order chi connectivity index (χ1) is 8.09. The summed E-state index contributed by atoms with van der Waals surface area (Å²) in [5.74, 6) is -0.369. The van der Waals surface area contributed by atoms with E-state index in [9.17, 15) is 4.79 Å². The van der Waals surface area contributed by atoms with E-state index in [1.54, 1.807) is 23.4 Å². The summed E-state index contributed by atoms with van der Waals surface area (Å²) in [6.07, 6.45) is 3.41. The number of hydrogen-bond acceptors (Lipinski definition) is 4. The van der Waals surface area contributed by atoms with Crippen molar-refractivity contribution in [3.8, 4) is 0 Å². The number of aromatic nitrogens is 1. The number of fused-ring (bicyclic) bond motifs is 1. The highest BCUT2D eigenvalue weighted by molar-refractivity contribution is 6.01. The van der Waals surface area contributed by atoms with Gasteiger partial charge in [-0.15, -0.1) is 0 Å². The van der Waals surface area contributed by atoms with Gasteiger partial charge in [-0.3, -0.25) is 9.78 Å². The molecule has 0 aliphatic rings. The molecule has 2 rings (SSSR count). The van der Waals surface area contributed by atoms with Gasteiger partial charge in [0.15, 0.2) is 0 Å². The molecule has 5 heteroatoms. The van der Waals surface area contributed by atoms with Gasteiger partial charge >= 0.3 is 0 Å². The molecular weight excluding hydrogens is 216 g/mol. The van der Waals surface area contributed by atoms with Crippen molar-refractivity contribution < 1.29 is 4.79 Å².